The minimum absolute atomic E-state index is 0.536. The van der Waals surface area contributed by atoms with Crippen LogP contribution in [0.25, 0.3) is 0 Å². The van der Waals surface area contributed by atoms with Crippen molar-refractivity contribution in [3.05, 3.63) is 39.7 Å². The highest BCUT2D eigenvalue weighted by Gasteiger charge is 2.22. The topological polar surface area (TPSA) is 130 Å². The predicted octanol–water partition coefficient (Wildman–Crippen LogP) is -0.0908. The lowest BCUT2D eigenvalue weighted by atomic mass is 10.1. The van der Waals surface area contributed by atoms with E-state index in [4.69, 9.17) is 10.2 Å². The number of carboxylic acid groups (broad SMARTS) is 1. The number of aliphatic hydroxyl groups is 1. The van der Waals surface area contributed by atoms with Crippen molar-refractivity contribution in [2.45, 2.75) is 6.04 Å². The maximum absolute atomic E-state index is 13.4. The summed E-state index contributed by atoms with van der Waals surface area (Å²) in [6.45, 7) is -0.865. The van der Waals surface area contributed by atoms with Crippen LogP contribution in [0, 0.1) is 15.9 Å². The molecule has 3 N–H and O–H groups in total. The molecule has 0 saturated heterocycles. The molecular formula is C10H9FN2O6. The van der Waals surface area contributed by atoms with Crippen molar-refractivity contribution in [1.29, 1.82) is 0 Å². The molecule has 1 rings (SSSR count). The van der Waals surface area contributed by atoms with E-state index < -0.39 is 46.5 Å². The van der Waals surface area contributed by atoms with E-state index in [-0.39, 0.29) is 0 Å². The Morgan fingerprint density at radius 2 is 2.11 bits per heavy atom. The molecule has 8 nitrogen and oxygen atoms in total. The van der Waals surface area contributed by atoms with E-state index >= 15 is 0 Å². The molecule has 0 fully saturated rings. The number of rotatable bonds is 5. The Labute approximate surface area is 105 Å². The zero-order valence-electron chi connectivity index (χ0n) is 9.37. The van der Waals surface area contributed by atoms with Crippen LogP contribution in [0.2, 0.25) is 0 Å². The van der Waals surface area contributed by atoms with Crippen LogP contribution in [0.4, 0.5) is 10.1 Å². The van der Waals surface area contributed by atoms with Crippen molar-refractivity contribution >= 4 is 17.6 Å². The highest BCUT2D eigenvalue weighted by molar-refractivity contribution is 5.97. The summed E-state index contributed by atoms with van der Waals surface area (Å²) in [4.78, 5) is 31.6. The number of aliphatic carboxylic acids is 1. The molecule has 0 radical (unpaired) electrons. The van der Waals surface area contributed by atoms with E-state index in [0.29, 0.717) is 6.07 Å². The Morgan fingerprint density at radius 1 is 1.47 bits per heavy atom. The first-order valence-corrected chi connectivity index (χ1v) is 4.95. The fraction of sp³-hybridized carbons (Fsp3) is 0.200. The van der Waals surface area contributed by atoms with Gasteiger partial charge in [0.05, 0.1) is 23.2 Å². The van der Waals surface area contributed by atoms with Crippen LogP contribution >= 0.6 is 0 Å². The first-order valence-electron chi connectivity index (χ1n) is 4.95. The van der Waals surface area contributed by atoms with Crippen molar-refractivity contribution in [2.24, 2.45) is 0 Å². The van der Waals surface area contributed by atoms with Gasteiger partial charge in [-0.15, -0.1) is 0 Å². The Bertz CT molecular complexity index is 533. The number of carboxylic acids is 1. The Kier molecular flexibility index (Phi) is 4.48. The Hall–Kier alpha value is -2.55. The van der Waals surface area contributed by atoms with Crippen LogP contribution < -0.4 is 5.32 Å². The van der Waals surface area contributed by atoms with Crippen LogP contribution in [0.1, 0.15) is 10.4 Å². The van der Waals surface area contributed by atoms with Gasteiger partial charge in [0.15, 0.2) is 6.04 Å². The third-order valence-electron chi connectivity index (χ3n) is 2.19. The third-order valence-corrected chi connectivity index (χ3v) is 2.19. The summed E-state index contributed by atoms with van der Waals surface area (Å²) in [5.41, 5.74) is -1.09. The molecule has 1 aromatic carbocycles. The molecule has 0 aliphatic carbocycles. The van der Waals surface area contributed by atoms with E-state index in [2.05, 4.69) is 0 Å². The van der Waals surface area contributed by atoms with Crippen LogP contribution in [0.3, 0.4) is 0 Å². The number of nitrogens with one attached hydrogen (secondary N) is 1. The maximum atomic E-state index is 13.4. The van der Waals surface area contributed by atoms with Gasteiger partial charge >= 0.3 is 5.97 Å². The molecular weight excluding hydrogens is 263 g/mol. The van der Waals surface area contributed by atoms with E-state index in [1.807, 2.05) is 5.32 Å². The number of hydrogen-bond acceptors (Lipinski definition) is 5. The van der Waals surface area contributed by atoms with Gasteiger partial charge in [0.25, 0.3) is 11.6 Å². The number of amides is 1. The average molecular weight is 272 g/mol. The number of carbonyl (C=O) groups is 2. The zero-order chi connectivity index (χ0) is 14.6. The molecule has 0 aliphatic heterocycles. The predicted molar refractivity (Wildman–Crippen MR) is 59.0 cm³/mol. The van der Waals surface area contributed by atoms with Crippen LogP contribution in [0.5, 0.6) is 0 Å². The number of nitrogens with zero attached hydrogens (tertiary/aromatic N) is 1. The lowest BCUT2D eigenvalue weighted by molar-refractivity contribution is -0.385. The number of hydrogen-bond donors (Lipinski definition) is 3. The van der Waals surface area contributed by atoms with Gasteiger partial charge in [-0.3, -0.25) is 14.9 Å². The SMILES string of the molecule is O=C(NC(CO)C(=O)O)c1ccc([N+](=O)[O-])cc1F. The van der Waals surface area contributed by atoms with E-state index in [0.717, 1.165) is 12.1 Å². The van der Waals surface area contributed by atoms with Crippen LogP contribution in [-0.2, 0) is 4.79 Å². The Morgan fingerprint density at radius 3 is 2.53 bits per heavy atom. The number of aliphatic hydroxyl groups excluding tert-OH is 1. The second-order valence-corrected chi connectivity index (χ2v) is 3.47. The molecule has 1 atom stereocenters. The van der Waals surface area contributed by atoms with Crippen molar-refractivity contribution in [3.63, 3.8) is 0 Å². The first kappa shape index (κ1) is 14.5. The highest BCUT2D eigenvalue weighted by Crippen LogP contribution is 2.16. The molecule has 102 valence electrons. The standard InChI is InChI=1S/C10H9FN2O6/c11-7-3-5(13(18)19)1-2-6(7)9(15)12-8(4-14)10(16)17/h1-3,8,14H,4H2,(H,12,15)(H,16,17). The molecule has 1 aromatic rings. The third kappa shape index (κ3) is 3.45. The van der Waals surface area contributed by atoms with Gasteiger partial charge in [-0.1, -0.05) is 0 Å². The second-order valence-electron chi connectivity index (χ2n) is 3.47. The van der Waals surface area contributed by atoms with Crippen LogP contribution in [0.15, 0.2) is 18.2 Å². The van der Waals surface area contributed by atoms with E-state index in [1.165, 1.54) is 0 Å². The number of benzene rings is 1. The molecule has 0 spiro atoms. The fourth-order valence-corrected chi connectivity index (χ4v) is 1.22. The summed E-state index contributed by atoms with van der Waals surface area (Å²) in [6.07, 6.45) is 0. The highest BCUT2D eigenvalue weighted by atomic mass is 19.1. The van der Waals surface area contributed by atoms with Crippen molar-refractivity contribution < 1.29 is 29.1 Å². The summed E-state index contributed by atoms with van der Waals surface area (Å²) < 4.78 is 13.4. The van der Waals surface area contributed by atoms with E-state index in [9.17, 15) is 24.1 Å². The molecule has 0 aliphatic rings. The Balaban J connectivity index is 2.94. The number of carbonyl (C=O) groups excluding carboxylic acids is 1. The molecule has 1 unspecified atom stereocenters. The number of non-ortho nitro benzene ring substituents is 1. The van der Waals surface area contributed by atoms with E-state index in [1.54, 1.807) is 0 Å². The number of halogens is 1. The smallest absolute Gasteiger partial charge is 0.328 e. The molecule has 1 amide bonds. The normalized spacial score (nSPS) is 11.7. The molecule has 9 heteroatoms. The van der Waals surface area contributed by atoms with Gasteiger partial charge in [-0.25, -0.2) is 9.18 Å². The molecule has 0 heterocycles. The van der Waals surface area contributed by atoms with Gasteiger partial charge in [0.2, 0.25) is 0 Å². The van der Waals surface area contributed by atoms with Gasteiger partial charge in [-0.2, -0.15) is 0 Å². The lowest BCUT2D eigenvalue weighted by Gasteiger charge is -2.11. The number of nitro benzene ring substituents is 1. The first-order chi connectivity index (χ1) is 8.86. The quantitative estimate of drug-likeness (QED) is 0.507. The summed E-state index contributed by atoms with van der Waals surface area (Å²) >= 11 is 0. The van der Waals surface area contributed by atoms with Crippen molar-refractivity contribution in [2.75, 3.05) is 6.61 Å². The van der Waals surface area contributed by atoms with Gasteiger partial charge in [0.1, 0.15) is 5.82 Å². The number of nitro groups is 1. The maximum Gasteiger partial charge on any atom is 0.328 e. The lowest BCUT2D eigenvalue weighted by Crippen LogP contribution is -2.43. The summed E-state index contributed by atoms with van der Waals surface area (Å²) in [6, 6.07) is 0.734. The van der Waals surface area contributed by atoms with Gasteiger partial charge < -0.3 is 15.5 Å². The fourth-order valence-electron chi connectivity index (χ4n) is 1.22. The molecule has 0 bridgehead atoms. The summed E-state index contributed by atoms with van der Waals surface area (Å²) in [5.74, 6) is -3.74. The summed E-state index contributed by atoms with van der Waals surface area (Å²) in [7, 11) is 0. The van der Waals surface area contributed by atoms with Gasteiger partial charge in [0, 0.05) is 6.07 Å². The average Bonchev–Trinajstić information content (AvgIpc) is 2.34. The monoisotopic (exact) mass is 272 g/mol. The summed E-state index contributed by atoms with van der Waals surface area (Å²) in [5, 5.41) is 29.5. The molecule has 19 heavy (non-hydrogen) atoms. The minimum Gasteiger partial charge on any atom is -0.480 e. The van der Waals surface area contributed by atoms with Crippen molar-refractivity contribution in [3.8, 4) is 0 Å². The molecule has 0 saturated carbocycles. The molecule has 0 aromatic heterocycles. The van der Waals surface area contributed by atoms with Crippen LogP contribution in [-0.4, -0.2) is 39.7 Å². The van der Waals surface area contributed by atoms with Gasteiger partial charge in [-0.05, 0) is 6.07 Å². The largest absolute Gasteiger partial charge is 0.480 e. The minimum atomic E-state index is -1.58. The zero-order valence-corrected chi connectivity index (χ0v) is 9.37. The van der Waals surface area contributed by atoms with Crippen molar-refractivity contribution in [1.82, 2.24) is 5.32 Å². The second kappa shape index (κ2) is 5.87.